The fourth-order valence-electron chi connectivity index (χ4n) is 4.33. The minimum Gasteiger partial charge on any atom is -0.346 e. The zero-order valence-corrected chi connectivity index (χ0v) is 15.8. The number of likely N-dealkylation sites (tertiary alicyclic amines) is 1. The van der Waals surface area contributed by atoms with E-state index in [4.69, 9.17) is 0 Å². The van der Waals surface area contributed by atoms with Crippen LogP contribution in [0.1, 0.15) is 41.2 Å². The molecule has 5 rings (SSSR count). The summed E-state index contributed by atoms with van der Waals surface area (Å²) in [6.45, 7) is 1.66. The molecular weight excluding hydrogens is 376 g/mol. The van der Waals surface area contributed by atoms with Crippen molar-refractivity contribution < 1.29 is 13.6 Å². The quantitative estimate of drug-likeness (QED) is 0.680. The number of alkyl halides is 1. The third-order valence-electron chi connectivity index (χ3n) is 5.76. The molecule has 3 aromatic rings. The lowest BCUT2D eigenvalue weighted by molar-refractivity contribution is 0.0794. The number of anilines is 1. The van der Waals surface area contributed by atoms with Crippen LogP contribution in [0.2, 0.25) is 0 Å². The normalized spacial score (nSPS) is 22.0. The van der Waals surface area contributed by atoms with Crippen LogP contribution in [0.4, 0.5) is 14.6 Å². The SMILES string of the molecule is O=C(c1cnn2ccc(N3CC(F)C[C@@H]3c3cccc(F)c3)nc12)N1CCCC1. The number of halogens is 2. The predicted octanol–water partition coefficient (Wildman–Crippen LogP) is 3.39. The molecular formula is C21H21F2N5O. The molecule has 8 heteroatoms. The van der Waals surface area contributed by atoms with Crippen molar-refractivity contribution in [2.24, 2.45) is 0 Å². The molecule has 0 aliphatic carbocycles. The summed E-state index contributed by atoms with van der Waals surface area (Å²) in [4.78, 5) is 21.2. The Morgan fingerprint density at radius 2 is 2.00 bits per heavy atom. The van der Waals surface area contributed by atoms with E-state index in [1.54, 1.807) is 35.1 Å². The molecule has 6 nitrogen and oxygen atoms in total. The molecule has 2 aliphatic heterocycles. The second-order valence-electron chi connectivity index (χ2n) is 7.67. The Hall–Kier alpha value is -3.03. The first-order valence-electron chi connectivity index (χ1n) is 9.90. The van der Waals surface area contributed by atoms with Crippen molar-refractivity contribution in [3.8, 4) is 0 Å². The van der Waals surface area contributed by atoms with Crippen LogP contribution >= 0.6 is 0 Å². The zero-order valence-electron chi connectivity index (χ0n) is 15.8. The lowest BCUT2D eigenvalue weighted by atomic mass is 10.0. The van der Waals surface area contributed by atoms with Gasteiger partial charge in [0.1, 0.15) is 23.4 Å². The molecule has 0 radical (unpaired) electrons. The highest BCUT2D eigenvalue weighted by molar-refractivity contribution is 5.99. The molecule has 2 aromatic heterocycles. The number of carbonyl (C=O) groups is 1. The van der Waals surface area contributed by atoms with Crippen LogP contribution in [-0.4, -0.2) is 51.2 Å². The van der Waals surface area contributed by atoms with E-state index in [0.29, 0.717) is 22.6 Å². The Morgan fingerprint density at radius 1 is 1.17 bits per heavy atom. The minimum absolute atomic E-state index is 0.0754. The number of amides is 1. The molecule has 2 aliphatic rings. The van der Waals surface area contributed by atoms with Crippen molar-refractivity contribution >= 4 is 17.4 Å². The Bertz CT molecular complexity index is 1060. The zero-order chi connectivity index (χ0) is 20.0. The molecule has 4 heterocycles. The third-order valence-corrected chi connectivity index (χ3v) is 5.76. The monoisotopic (exact) mass is 397 g/mol. The number of hydrogen-bond acceptors (Lipinski definition) is 4. The largest absolute Gasteiger partial charge is 0.346 e. The molecule has 1 aromatic carbocycles. The van der Waals surface area contributed by atoms with Gasteiger partial charge >= 0.3 is 0 Å². The van der Waals surface area contributed by atoms with E-state index in [9.17, 15) is 13.6 Å². The van der Waals surface area contributed by atoms with Gasteiger partial charge in [-0.15, -0.1) is 0 Å². The predicted molar refractivity (Wildman–Crippen MR) is 104 cm³/mol. The van der Waals surface area contributed by atoms with E-state index in [-0.39, 0.29) is 30.7 Å². The van der Waals surface area contributed by atoms with Gasteiger partial charge in [-0.1, -0.05) is 12.1 Å². The van der Waals surface area contributed by atoms with Crippen molar-refractivity contribution in [2.75, 3.05) is 24.5 Å². The summed E-state index contributed by atoms with van der Waals surface area (Å²) < 4.78 is 29.6. The van der Waals surface area contributed by atoms with Gasteiger partial charge in [-0.25, -0.2) is 18.3 Å². The van der Waals surface area contributed by atoms with E-state index in [0.717, 1.165) is 25.9 Å². The van der Waals surface area contributed by atoms with Gasteiger partial charge in [0.25, 0.3) is 5.91 Å². The summed E-state index contributed by atoms with van der Waals surface area (Å²) in [6.07, 6.45) is 4.52. The highest BCUT2D eigenvalue weighted by Gasteiger charge is 2.35. The van der Waals surface area contributed by atoms with Crippen molar-refractivity contribution in [3.63, 3.8) is 0 Å². The van der Waals surface area contributed by atoms with Gasteiger partial charge in [-0.2, -0.15) is 5.10 Å². The molecule has 0 saturated carbocycles. The topological polar surface area (TPSA) is 53.7 Å². The summed E-state index contributed by atoms with van der Waals surface area (Å²) in [7, 11) is 0. The van der Waals surface area contributed by atoms with Gasteiger partial charge < -0.3 is 9.80 Å². The van der Waals surface area contributed by atoms with Crippen LogP contribution in [-0.2, 0) is 0 Å². The first-order chi connectivity index (χ1) is 14.1. The van der Waals surface area contributed by atoms with E-state index in [1.807, 2.05) is 9.80 Å². The molecule has 0 spiro atoms. The summed E-state index contributed by atoms with van der Waals surface area (Å²) in [6, 6.07) is 7.70. The molecule has 1 unspecified atom stereocenters. The maximum atomic E-state index is 14.3. The Balaban J connectivity index is 1.52. The average Bonchev–Trinajstić information content (AvgIpc) is 3.46. The molecule has 2 fully saturated rings. The average molecular weight is 397 g/mol. The standard InChI is InChI=1S/C21H21F2N5O/c22-15-5-3-4-14(10-15)18-11-16(23)13-27(18)19-6-9-28-20(25-19)17(12-24-28)21(29)26-7-1-2-8-26/h3-6,9-10,12,16,18H,1-2,7-8,11,13H2/t16?,18-/m1/s1. The lowest BCUT2D eigenvalue weighted by Gasteiger charge is -2.26. The summed E-state index contributed by atoms with van der Waals surface area (Å²) in [5, 5.41) is 4.25. The van der Waals surface area contributed by atoms with Crippen LogP contribution in [0, 0.1) is 5.82 Å². The summed E-state index contributed by atoms with van der Waals surface area (Å²) in [5.41, 5.74) is 1.63. The van der Waals surface area contributed by atoms with Gasteiger partial charge in [0.15, 0.2) is 5.65 Å². The Kier molecular flexibility index (Phi) is 4.41. The second-order valence-corrected chi connectivity index (χ2v) is 7.67. The van der Waals surface area contributed by atoms with Crippen LogP contribution in [0.15, 0.2) is 42.7 Å². The summed E-state index contributed by atoms with van der Waals surface area (Å²) in [5.74, 6) is 0.138. The van der Waals surface area contributed by atoms with E-state index >= 15 is 0 Å². The number of hydrogen-bond donors (Lipinski definition) is 0. The van der Waals surface area contributed by atoms with Gasteiger partial charge in [0.05, 0.1) is 18.8 Å². The summed E-state index contributed by atoms with van der Waals surface area (Å²) >= 11 is 0. The highest BCUT2D eigenvalue weighted by Crippen LogP contribution is 2.37. The minimum atomic E-state index is -1.03. The van der Waals surface area contributed by atoms with Gasteiger partial charge in [-0.05, 0) is 36.6 Å². The first kappa shape index (κ1) is 18.0. The molecule has 29 heavy (non-hydrogen) atoms. The number of fused-ring (bicyclic) bond motifs is 1. The molecule has 2 saturated heterocycles. The van der Waals surface area contributed by atoms with Crippen LogP contribution in [0.5, 0.6) is 0 Å². The van der Waals surface area contributed by atoms with Crippen molar-refractivity contribution in [3.05, 3.63) is 59.7 Å². The van der Waals surface area contributed by atoms with Crippen LogP contribution in [0.25, 0.3) is 5.65 Å². The highest BCUT2D eigenvalue weighted by atomic mass is 19.1. The number of aromatic nitrogens is 3. The Morgan fingerprint density at radius 3 is 2.79 bits per heavy atom. The van der Waals surface area contributed by atoms with Crippen molar-refractivity contribution in [1.29, 1.82) is 0 Å². The van der Waals surface area contributed by atoms with E-state index < -0.39 is 6.17 Å². The maximum absolute atomic E-state index is 14.3. The molecule has 0 bridgehead atoms. The van der Waals surface area contributed by atoms with E-state index in [2.05, 4.69) is 10.1 Å². The molecule has 2 atom stereocenters. The number of carbonyl (C=O) groups excluding carboxylic acids is 1. The van der Waals surface area contributed by atoms with Crippen LogP contribution < -0.4 is 4.90 Å². The first-order valence-corrected chi connectivity index (χ1v) is 9.90. The number of benzene rings is 1. The van der Waals surface area contributed by atoms with Gasteiger partial charge in [0, 0.05) is 25.7 Å². The maximum Gasteiger partial charge on any atom is 0.259 e. The lowest BCUT2D eigenvalue weighted by Crippen LogP contribution is -2.28. The fourth-order valence-corrected chi connectivity index (χ4v) is 4.33. The van der Waals surface area contributed by atoms with Crippen molar-refractivity contribution in [1.82, 2.24) is 19.5 Å². The smallest absolute Gasteiger partial charge is 0.259 e. The number of rotatable bonds is 3. The number of nitrogens with zero attached hydrogens (tertiary/aromatic N) is 5. The Labute approximate surface area is 166 Å². The van der Waals surface area contributed by atoms with Crippen LogP contribution in [0.3, 0.4) is 0 Å². The van der Waals surface area contributed by atoms with Gasteiger partial charge in [-0.3, -0.25) is 4.79 Å². The van der Waals surface area contributed by atoms with E-state index in [1.165, 1.54) is 12.1 Å². The van der Waals surface area contributed by atoms with Crippen molar-refractivity contribution in [2.45, 2.75) is 31.5 Å². The molecule has 1 amide bonds. The fraction of sp³-hybridized carbons (Fsp3) is 0.381. The third kappa shape index (κ3) is 3.22. The molecule has 0 N–H and O–H groups in total. The second kappa shape index (κ2) is 7.09. The van der Waals surface area contributed by atoms with Gasteiger partial charge in [0.2, 0.25) is 0 Å². The molecule has 150 valence electrons.